The van der Waals surface area contributed by atoms with Gasteiger partial charge in [-0.15, -0.1) is 17.9 Å². The van der Waals surface area contributed by atoms with E-state index in [2.05, 4.69) is 11.6 Å². The first-order valence-electron chi connectivity index (χ1n) is 10.1. The Balaban J connectivity index is 1.58. The Morgan fingerprint density at radius 3 is 2.55 bits per heavy atom. The highest BCUT2D eigenvalue weighted by Gasteiger charge is 2.39. The van der Waals surface area contributed by atoms with Crippen LogP contribution in [0.15, 0.2) is 49.2 Å². The summed E-state index contributed by atoms with van der Waals surface area (Å²) in [7, 11) is -3.83. The van der Waals surface area contributed by atoms with Crippen molar-refractivity contribution in [2.75, 3.05) is 31.1 Å². The SMILES string of the molecule is C=CC(c1sc2ccc(Cl)cc2c1C)S(=O)(=O)N1CCN(c2ncccc2C(F)(F)F)CC1. The first kappa shape index (κ1) is 24.0. The molecule has 0 saturated carbocycles. The molecule has 2 aromatic heterocycles. The van der Waals surface area contributed by atoms with Crippen molar-refractivity contribution in [1.29, 1.82) is 0 Å². The highest BCUT2D eigenvalue weighted by molar-refractivity contribution is 7.89. The predicted octanol–water partition coefficient (Wildman–Crippen LogP) is 5.66. The summed E-state index contributed by atoms with van der Waals surface area (Å²) in [6.45, 7) is 5.92. The Labute approximate surface area is 199 Å². The lowest BCUT2D eigenvalue weighted by atomic mass is 10.1. The molecule has 0 radical (unpaired) electrons. The van der Waals surface area contributed by atoms with Crippen LogP contribution in [0.1, 0.15) is 21.3 Å². The van der Waals surface area contributed by atoms with Crippen molar-refractivity contribution in [2.45, 2.75) is 18.3 Å². The maximum Gasteiger partial charge on any atom is 0.419 e. The minimum Gasteiger partial charge on any atom is -0.353 e. The molecule has 33 heavy (non-hydrogen) atoms. The Bertz CT molecular complexity index is 1300. The minimum absolute atomic E-state index is 0.0519. The maximum absolute atomic E-state index is 13.5. The third kappa shape index (κ3) is 4.49. The standard InChI is InChI=1S/C22H21ClF3N3O2S2/c1-3-19(20-14(2)16-13-15(23)6-7-18(16)32-20)33(30,31)29-11-9-28(10-12-29)21-17(22(24,25)26)5-4-8-27-21/h3-8,13,19H,1,9-12H2,2H3. The molecule has 3 heterocycles. The third-order valence-electron chi connectivity index (χ3n) is 5.72. The average molecular weight is 516 g/mol. The fourth-order valence-electron chi connectivity index (χ4n) is 4.03. The molecule has 0 N–H and O–H groups in total. The van der Waals surface area contributed by atoms with Gasteiger partial charge in [-0.3, -0.25) is 0 Å². The Hall–Kier alpha value is -2.14. The fourth-order valence-corrected chi connectivity index (χ4v) is 7.57. The summed E-state index contributed by atoms with van der Waals surface area (Å²) >= 11 is 7.48. The number of benzene rings is 1. The van der Waals surface area contributed by atoms with Gasteiger partial charge in [0, 0.05) is 47.0 Å². The number of nitrogens with zero attached hydrogens (tertiary/aromatic N) is 3. The molecule has 0 amide bonds. The Morgan fingerprint density at radius 1 is 1.21 bits per heavy atom. The van der Waals surface area contributed by atoms with Gasteiger partial charge in [0.2, 0.25) is 10.0 Å². The number of fused-ring (bicyclic) bond motifs is 1. The summed E-state index contributed by atoms with van der Waals surface area (Å²) < 4.78 is 69.4. The molecule has 176 valence electrons. The van der Waals surface area contributed by atoms with Gasteiger partial charge in [-0.05, 0) is 48.2 Å². The van der Waals surface area contributed by atoms with Gasteiger partial charge in [-0.2, -0.15) is 17.5 Å². The van der Waals surface area contributed by atoms with E-state index >= 15 is 0 Å². The van der Waals surface area contributed by atoms with Crippen LogP contribution in [0.25, 0.3) is 10.1 Å². The van der Waals surface area contributed by atoms with E-state index in [1.165, 1.54) is 38.9 Å². The zero-order valence-electron chi connectivity index (χ0n) is 17.6. The van der Waals surface area contributed by atoms with Crippen molar-refractivity contribution in [3.63, 3.8) is 0 Å². The second kappa shape index (κ2) is 8.90. The number of thiophene rings is 1. The fraction of sp³-hybridized carbons (Fsp3) is 0.318. The van der Waals surface area contributed by atoms with Crippen molar-refractivity contribution >= 4 is 48.9 Å². The van der Waals surface area contributed by atoms with Gasteiger partial charge in [0.1, 0.15) is 11.1 Å². The number of alkyl halides is 3. The normalized spacial score (nSPS) is 16.8. The number of hydrogen-bond acceptors (Lipinski definition) is 5. The number of rotatable bonds is 5. The number of anilines is 1. The van der Waals surface area contributed by atoms with Gasteiger partial charge in [0.05, 0.1) is 5.56 Å². The molecule has 3 aromatic rings. The molecule has 1 saturated heterocycles. The van der Waals surface area contributed by atoms with E-state index in [4.69, 9.17) is 11.6 Å². The van der Waals surface area contributed by atoms with Crippen LogP contribution in [0.3, 0.4) is 0 Å². The first-order chi connectivity index (χ1) is 15.5. The summed E-state index contributed by atoms with van der Waals surface area (Å²) in [6.07, 6.45) is -1.83. The molecule has 1 aliphatic rings. The van der Waals surface area contributed by atoms with Crippen LogP contribution in [0, 0.1) is 6.92 Å². The summed E-state index contributed by atoms with van der Waals surface area (Å²) in [5.74, 6) is -0.181. The van der Waals surface area contributed by atoms with Gasteiger partial charge in [-0.25, -0.2) is 13.4 Å². The van der Waals surface area contributed by atoms with Crippen molar-refractivity contribution in [3.8, 4) is 0 Å². The molecular formula is C22H21ClF3N3O2S2. The van der Waals surface area contributed by atoms with Crippen LogP contribution in [0.4, 0.5) is 19.0 Å². The summed E-state index contributed by atoms with van der Waals surface area (Å²) in [6, 6.07) is 7.64. The van der Waals surface area contributed by atoms with E-state index in [1.54, 1.807) is 6.07 Å². The topological polar surface area (TPSA) is 53.5 Å². The van der Waals surface area contributed by atoms with Crippen molar-refractivity contribution in [1.82, 2.24) is 9.29 Å². The van der Waals surface area contributed by atoms with Crippen LogP contribution in [0.5, 0.6) is 0 Å². The molecule has 0 aliphatic carbocycles. The molecule has 1 fully saturated rings. The number of halogens is 4. The van der Waals surface area contributed by atoms with Gasteiger partial charge in [0.15, 0.2) is 0 Å². The van der Waals surface area contributed by atoms with Crippen LogP contribution in [0.2, 0.25) is 5.02 Å². The number of sulfonamides is 1. The van der Waals surface area contributed by atoms with E-state index < -0.39 is 27.0 Å². The van der Waals surface area contributed by atoms with E-state index in [0.29, 0.717) is 9.90 Å². The molecule has 0 bridgehead atoms. The smallest absolute Gasteiger partial charge is 0.353 e. The second-order valence-electron chi connectivity index (χ2n) is 7.69. The monoisotopic (exact) mass is 515 g/mol. The largest absolute Gasteiger partial charge is 0.419 e. The van der Waals surface area contributed by atoms with Crippen LogP contribution in [-0.4, -0.2) is 43.9 Å². The van der Waals surface area contributed by atoms with Gasteiger partial charge in [0.25, 0.3) is 0 Å². The summed E-state index contributed by atoms with van der Waals surface area (Å²) in [5.41, 5.74) is -0.00208. The van der Waals surface area contributed by atoms with E-state index in [1.807, 2.05) is 19.1 Å². The highest BCUT2D eigenvalue weighted by Crippen LogP contribution is 2.41. The molecule has 4 rings (SSSR count). The van der Waals surface area contributed by atoms with Crippen molar-refractivity contribution in [2.24, 2.45) is 0 Å². The minimum atomic E-state index is -4.54. The van der Waals surface area contributed by atoms with Crippen LogP contribution in [-0.2, 0) is 16.2 Å². The lowest BCUT2D eigenvalue weighted by molar-refractivity contribution is -0.137. The molecule has 1 unspecified atom stereocenters. The molecule has 11 heteroatoms. The van der Waals surface area contributed by atoms with E-state index in [0.717, 1.165) is 21.7 Å². The molecule has 0 spiro atoms. The zero-order chi connectivity index (χ0) is 24.0. The number of hydrogen-bond donors (Lipinski definition) is 0. The lowest BCUT2D eigenvalue weighted by Gasteiger charge is -2.36. The van der Waals surface area contributed by atoms with Crippen molar-refractivity contribution < 1.29 is 21.6 Å². The lowest BCUT2D eigenvalue weighted by Crippen LogP contribution is -2.50. The van der Waals surface area contributed by atoms with Gasteiger partial charge >= 0.3 is 6.18 Å². The van der Waals surface area contributed by atoms with Gasteiger partial charge < -0.3 is 4.90 Å². The van der Waals surface area contributed by atoms with Gasteiger partial charge in [-0.1, -0.05) is 17.7 Å². The Kier molecular flexibility index (Phi) is 6.47. The molecule has 1 aliphatic heterocycles. The zero-order valence-corrected chi connectivity index (χ0v) is 20.0. The second-order valence-corrected chi connectivity index (χ2v) is 11.3. The van der Waals surface area contributed by atoms with Crippen molar-refractivity contribution in [3.05, 3.63) is 70.2 Å². The number of piperazine rings is 1. The summed E-state index contributed by atoms with van der Waals surface area (Å²) in [5, 5.41) is 0.502. The van der Waals surface area contributed by atoms with Crippen LogP contribution >= 0.6 is 22.9 Å². The number of aryl methyl sites for hydroxylation is 1. The van der Waals surface area contributed by atoms with E-state index in [-0.39, 0.29) is 32.0 Å². The molecule has 5 nitrogen and oxygen atoms in total. The Morgan fingerprint density at radius 2 is 1.91 bits per heavy atom. The quantitative estimate of drug-likeness (QED) is 0.412. The molecule has 1 aromatic carbocycles. The number of pyridine rings is 1. The number of aromatic nitrogens is 1. The first-order valence-corrected chi connectivity index (χ1v) is 12.8. The average Bonchev–Trinajstić information content (AvgIpc) is 3.09. The van der Waals surface area contributed by atoms with E-state index in [9.17, 15) is 21.6 Å². The molecular weight excluding hydrogens is 495 g/mol. The van der Waals surface area contributed by atoms with Crippen LogP contribution < -0.4 is 4.90 Å². The molecule has 1 atom stereocenters. The highest BCUT2D eigenvalue weighted by atomic mass is 35.5. The predicted molar refractivity (Wildman–Crippen MR) is 126 cm³/mol. The third-order valence-corrected chi connectivity index (χ3v) is 9.61. The maximum atomic E-state index is 13.5. The summed E-state index contributed by atoms with van der Waals surface area (Å²) in [4.78, 5) is 6.05.